The molecule has 8 nitrogen and oxygen atoms in total. The summed E-state index contributed by atoms with van der Waals surface area (Å²) in [5.74, 6) is -0.0838. The molecule has 0 radical (unpaired) electrons. The van der Waals surface area contributed by atoms with Crippen LogP contribution in [0.2, 0.25) is 0 Å². The Labute approximate surface area is 174 Å². The first kappa shape index (κ1) is 21.3. The van der Waals surface area contributed by atoms with Crippen molar-refractivity contribution in [2.75, 3.05) is 12.4 Å². The Hall–Kier alpha value is -3.43. The number of pyridine rings is 1. The molecule has 0 aliphatic rings. The van der Waals surface area contributed by atoms with Gasteiger partial charge in [0.15, 0.2) is 5.03 Å². The second-order valence-corrected chi connectivity index (χ2v) is 8.37. The number of aromatic nitrogens is 1. The fourth-order valence-corrected chi connectivity index (χ4v) is 4.17. The fraction of sp³-hybridized carbons (Fsp3) is 0.143. The van der Waals surface area contributed by atoms with Crippen molar-refractivity contribution >= 4 is 21.4 Å². The Morgan fingerprint density at radius 2 is 1.87 bits per heavy atom. The lowest BCUT2D eigenvalue weighted by atomic mass is 10.1. The molecule has 1 heterocycles. The number of hydrogen-bond donors (Lipinski definition) is 3. The maximum atomic E-state index is 12.9. The molecule has 3 rings (SSSR count). The molecule has 0 saturated heterocycles. The van der Waals surface area contributed by atoms with Gasteiger partial charge in [0.2, 0.25) is 9.84 Å². The number of sulfone groups is 1. The van der Waals surface area contributed by atoms with Crippen LogP contribution >= 0.6 is 0 Å². The van der Waals surface area contributed by atoms with Gasteiger partial charge in [-0.25, -0.2) is 18.9 Å². The number of ether oxygens (including phenoxy) is 1. The topological polar surface area (TPSA) is 118 Å². The number of anilines is 1. The number of hydroxylamine groups is 1. The van der Waals surface area contributed by atoms with Gasteiger partial charge in [0, 0.05) is 12.7 Å². The SMILES string of the molecule is COc1ccc(S(=O)(=O)c2cc(CNc3c(C)cccc3C(=O)NO)ccn2)cc1. The molecule has 3 aromatic rings. The molecule has 0 atom stereocenters. The van der Waals surface area contributed by atoms with Crippen molar-refractivity contribution in [2.24, 2.45) is 0 Å². The number of carbonyl (C=O) groups excluding carboxylic acids is 1. The average Bonchev–Trinajstić information content (AvgIpc) is 2.77. The number of benzene rings is 2. The summed E-state index contributed by atoms with van der Waals surface area (Å²) in [4.78, 5) is 16.0. The minimum Gasteiger partial charge on any atom is -0.497 e. The Kier molecular flexibility index (Phi) is 6.34. The molecular weight excluding hydrogens is 406 g/mol. The molecule has 0 aliphatic carbocycles. The number of nitrogens with zero attached hydrogens (tertiary/aromatic N) is 1. The number of rotatable bonds is 7. The number of hydrogen-bond acceptors (Lipinski definition) is 7. The van der Waals surface area contributed by atoms with Gasteiger partial charge in [-0.05, 0) is 60.5 Å². The van der Waals surface area contributed by atoms with Crippen molar-refractivity contribution in [2.45, 2.75) is 23.4 Å². The summed E-state index contributed by atoms with van der Waals surface area (Å²) in [6, 6.07) is 14.4. The van der Waals surface area contributed by atoms with Gasteiger partial charge >= 0.3 is 0 Å². The zero-order valence-electron chi connectivity index (χ0n) is 16.4. The molecule has 3 N–H and O–H groups in total. The minimum atomic E-state index is -3.79. The molecule has 30 heavy (non-hydrogen) atoms. The number of nitrogens with one attached hydrogen (secondary N) is 2. The lowest BCUT2D eigenvalue weighted by molar-refractivity contribution is 0.0707. The van der Waals surface area contributed by atoms with Crippen LogP contribution in [-0.4, -0.2) is 31.6 Å². The normalized spacial score (nSPS) is 11.0. The molecule has 156 valence electrons. The van der Waals surface area contributed by atoms with E-state index < -0.39 is 15.7 Å². The highest BCUT2D eigenvalue weighted by Crippen LogP contribution is 2.24. The molecule has 0 unspecified atom stereocenters. The lowest BCUT2D eigenvalue weighted by Gasteiger charge is -2.14. The maximum absolute atomic E-state index is 12.9. The maximum Gasteiger partial charge on any atom is 0.276 e. The van der Waals surface area contributed by atoms with Crippen molar-refractivity contribution in [1.82, 2.24) is 10.5 Å². The Bertz CT molecular complexity index is 1160. The second kappa shape index (κ2) is 8.93. The van der Waals surface area contributed by atoms with Crippen molar-refractivity contribution in [3.63, 3.8) is 0 Å². The second-order valence-electron chi connectivity index (χ2n) is 6.47. The highest BCUT2D eigenvalue weighted by Gasteiger charge is 2.20. The van der Waals surface area contributed by atoms with Crippen molar-refractivity contribution in [3.05, 3.63) is 77.5 Å². The van der Waals surface area contributed by atoms with E-state index in [1.54, 1.807) is 35.8 Å². The van der Waals surface area contributed by atoms with Gasteiger partial charge in [0.25, 0.3) is 5.91 Å². The average molecular weight is 427 g/mol. The number of amides is 1. The molecular formula is C21H21N3O5S. The smallest absolute Gasteiger partial charge is 0.276 e. The van der Waals surface area contributed by atoms with E-state index in [1.165, 1.54) is 31.5 Å². The van der Waals surface area contributed by atoms with E-state index in [-0.39, 0.29) is 22.0 Å². The molecule has 0 aliphatic heterocycles. The monoisotopic (exact) mass is 427 g/mol. The zero-order valence-corrected chi connectivity index (χ0v) is 17.2. The third-order valence-corrected chi connectivity index (χ3v) is 6.20. The largest absolute Gasteiger partial charge is 0.497 e. The molecule has 1 amide bonds. The summed E-state index contributed by atoms with van der Waals surface area (Å²) in [6.07, 6.45) is 1.42. The predicted molar refractivity (Wildman–Crippen MR) is 110 cm³/mol. The summed E-state index contributed by atoms with van der Waals surface area (Å²) in [5.41, 5.74) is 3.91. The highest BCUT2D eigenvalue weighted by atomic mass is 32.2. The van der Waals surface area contributed by atoms with Gasteiger partial charge in [-0.15, -0.1) is 0 Å². The quantitative estimate of drug-likeness (QED) is 0.392. The fourth-order valence-electron chi connectivity index (χ4n) is 2.93. The van der Waals surface area contributed by atoms with Gasteiger partial charge in [-0.2, -0.15) is 0 Å². The number of para-hydroxylation sites is 1. The van der Waals surface area contributed by atoms with Gasteiger partial charge in [0.05, 0.1) is 23.3 Å². The third kappa shape index (κ3) is 4.42. The molecule has 0 fully saturated rings. The third-order valence-electron chi connectivity index (χ3n) is 4.53. The summed E-state index contributed by atoms with van der Waals surface area (Å²) in [6.45, 7) is 2.08. The first-order valence-electron chi connectivity index (χ1n) is 8.99. The van der Waals surface area contributed by atoms with Crippen LogP contribution in [0.25, 0.3) is 0 Å². The molecule has 2 aromatic carbocycles. The van der Waals surface area contributed by atoms with Crippen LogP contribution in [0.4, 0.5) is 5.69 Å². The van der Waals surface area contributed by atoms with E-state index in [0.717, 1.165) is 5.56 Å². The van der Waals surface area contributed by atoms with Crippen LogP contribution < -0.4 is 15.5 Å². The molecule has 0 saturated carbocycles. The van der Waals surface area contributed by atoms with E-state index in [2.05, 4.69) is 10.3 Å². The molecule has 9 heteroatoms. The summed E-state index contributed by atoms with van der Waals surface area (Å²) >= 11 is 0. The van der Waals surface area contributed by atoms with Crippen LogP contribution in [0, 0.1) is 6.92 Å². The van der Waals surface area contributed by atoms with Crippen LogP contribution in [0.15, 0.2) is 70.7 Å². The van der Waals surface area contributed by atoms with Gasteiger partial charge < -0.3 is 10.1 Å². The van der Waals surface area contributed by atoms with Crippen LogP contribution in [0.5, 0.6) is 5.75 Å². The Balaban J connectivity index is 1.86. The van der Waals surface area contributed by atoms with Gasteiger partial charge in [0.1, 0.15) is 5.75 Å². The Morgan fingerprint density at radius 1 is 1.13 bits per heavy atom. The van der Waals surface area contributed by atoms with E-state index in [0.29, 0.717) is 17.0 Å². The highest BCUT2D eigenvalue weighted by molar-refractivity contribution is 7.91. The van der Waals surface area contributed by atoms with Crippen LogP contribution in [-0.2, 0) is 16.4 Å². The minimum absolute atomic E-state index is 0.0786. The Morgan fingerprint density at radius 3 is 2.53 bits per heavy atom. The summed E-state index contributed by atoms with van der Waals surface area (Å²) in [5, 5.41) is 12.0. The molecule has 1 aromatic heterocycles. The standard InChI is InChI=1S/C21H21N3O5S/c1-14-4-3-5-18(21(25)24-26)20(14)23-13-15-10-11-22-19(12-15)30(27,28)17-8-6-16(29-2)7-9-17/h3-12,23,26H,13H2,1-2H3,(H,24,25). The molecule has 0 spiro atoms. The van der Waals surface area contributed by atoms with E-state index in [9.17, 15) is 13.2 Å². The number of aryl methyl sites for hydroxylation is 1. The summed E-state index contributed by atoms with van der Waals surface area (Å²) < 4.78 is 30.8. The van der Waals surface area contributed by atoms with Crippen molar-refractivity contribution < 1.29 is 23.2 Å². The van der Waals surface area contributed by atoms with Crippen LogP contribution in [0.1, 0.15) is 21.5 Å². The zero-order chi connectivity index (χ0) is 21.7. The van der Waals surface area contributed by atoms with E-state index in [1.807, 2.05) is 13.0 Å². The van der Waals surface area contributed by atoms with E-state index in [4.69, 9.17) is 9.94 Å². The predicted octanol–water partition coefficient (Wildman–Crippen LogP) is 2.96. The first-order chi connectivity index (χ1) is 14.4. The van der Waals surface area contributed by atoms with Crippen molar-refractivity contribution in [3.8, 4) is 5.75 Å². The van der Waals surface area contributed by atoms with Gasteiger partial charge in [-0.1, -0.05) is 12.1 Å². The number of carbonyl (C=O) groups is 1. The lowest BCUT2D eigenvalue weighted by Crippen LogP contribution is -2.20. The molecule has 0 bridgehead atoms. The first-order valence-corrected chi connectivity index (χ1v) is 10.5. The summed E-state index contributed by atoms with van der Waals surface area (Å²) in [7, 11) is -2.29. The van der Waals surface area contributed by atoms with Crippen molar-refractivity contribution in [1.29, 1.82) is 0 Å². The number of methoxy groups -OCH3 is 1. The van der Waals surface area contributed by atoms with E-state index >= 15 is 0 Å². The van der Waals surface area contributed by atoms with Crippen LogP contribution in [0.3, 0.4) is 0 Å². The van der Waals surface area contributed by atoms with Gasteiger partial charge in [-0.3, -0.25) is 10.0 Å².